The molecule has 2 aromatic rings. The molecule has 4 N–H and O–H groups in total. The average molecular weight is 233 g/mol. The van der Waals surface area contributed by atoms with Crippen molar-refractivity contribution in [2.24, 2.45) is 5.73 Å². The Kier molecular flexibility index (Phi) is 3.36. The van der Waals surface area contributed by atoms with E-state index in [1.807, 2.05) is 31.3 Å². The number of rotatable bonds is 4. The van der Waals surface area contributed by atoms with Crippen LogP contribution in [-0.2, 0) is 13.0 Å². The maximum atomic E-state index is 10.00. The van der Waals surface area contributed by atoms with E-state index in [1.165, 1.54) is 5.56 Å². The van der Waals surface area contributed by atoms with E-state index in [2.05, 4.69) is 4.98 Å². The van der Waals surface area contributed by atoms with E-state index in [1.54, 1.807) is 6.07 Å². The fourth-order valence-electron chi connectivity index (χ4n) is 2.19. The largest absolute Gasteiger partial charge is 0.508 e. The lowest BCUT2D eigenvalue weighted by molar-refractivity contribution is 0.388. The zero-order valence-electron chi connectivity index (χ0n) is 10.3. The number of nitrogens with two attached hydrogens (primary N) is 1. The molecule has 0 aliphatic carbocycles. The van der Waals surface area contributed by atoms with E-state index in [-0.39, 0.29) is 0 Å². The number of benzene rings is 1. The number of H-pyrrole nitrogens is 1. The van der Waals surface area contributed by atoms with Gasteiger partial charge in [0.2, 0.25) is 0 Å². The highest BCUT2D eigenvalue weighted by atomic mass is 16.3. The summed E-state index contributed by atoms with van der Waals surface area (Å²) in [6.45, 7) is 1.34. The lowest BCUT2D eigenvalue weighted by Gasteiger charge is -2.13. The third-order valence-electron chi connectivity index (χ3n) is 2.90. The topological polar surface area (TPSA) is 65.3 Å². The van der Waals surface area contributed by atoms with Crippen LogP contribution in [0.2, 0.25) is 0 Å². The summed E-state index contributed by atoms with van der Waals surface area (Å²) in [5, 5.41) is 11.1. The molecule has 0 unspecified atom stereocenters. The number of phenolic OH excluding ortho intramolecular Hbond substituents is 1. The molecule has 0 spiro atoms. The highest BCUT2D eigenvalue weighted by molar-refractivity contribution is 5.88. The molecule has 0 bridgehead atoms. The van der Waals surface area contributed by atoms with Gasteiger partial charge in [-0.15, -0.1) is 0 Å². The highest BCUT2D eigenvalue weighted by Crippen LogP contribution is 2.30. The van der Waals surface area contributed by atoms with Crippen LogP contribution in [0.5, 0.6) is 5.75 Å². The molecule has 0 amide bonds. The minimum atomic E-state index is 0.351. The first-order chi connectivity index (χ1) is 8.13. The van der Waals surface area contributed by atoms with Crippen molar-refractivity contribution in [1.82, 2.24) is 9.88 Å². The Bertz CT molecular complexity index is 517. The predicted molar refractivity (Wildman–Crippen MR) is 70.1 cm³/mol. The Morgan fingerprint density at radius 1 is 1.35 bits per heavy atom. The molecule has 92 valence electrons. The van der Waals surface area contributed by atoms with Crippen LogP contribution in [0.4, 0.5) is 0 Å². The zero-order chi connectivity index (χ0) is 12.4. The highest BCUT2D eigenvalue weighted by Gasteiger charge is 2.12. The summed E-state index contributed by atoms with van der Waals surface area (Å²) in [7, 11) is 3.99. The first-order valence-electron chi connectivity index (χ1n) is 5.79. The molecule has 1 aromatic carbocycles. The number of hydrogen-bond acceptors (Lipinski definition) is 3. The standard InChI is InChI=1S/C13H19N3O/c1-16(2)8-10-12(17)4-3-11-13(10)9(5-6-14)7-15-11/h3-4,7,15,17H,5-6,8,14H2,1-2H3. The van der Waals surface area contributed by atoms with Crippen molar-refractivity contribution in [3.63, 3.8) is 0 Å². The smallest absolute Gasteiger partial charge is 0.120 e. The van der Waals surface area contributed by atoms with Crippen molar-refractivity contribution < 1.29 is 5.11 Å². The fraction of sp³-hybridized carbons (Fsp3) is 0.385. The van der Waals surface area contributed by atoms with Crippen molar-refractivity contribution in [3.8, 4) is 5.75 Å². The zero-order valence-corrected chi connectivity index (χ0v) is 10.3. The van der Waals surface area contributed by atoms with E-state index in [4.69, 9.17) is 5.73 Å². The van der Waals surface area contributed by atoms with Crippen LogP contribution in [0.1, 0.15) is 11.1 Å². The van der Waals surface area contributed by atoms with Gasteiger partial charge in [0.25, 0.3) is 0 Å². The molecule has 1 aromatic heterocycles. The number of aromatic hydroxyl groups is 1. The van der Waals surface area contributed by atoms with Gasteiger partial charge in [0.15, 0.2) is 0 Å². The molecule has 17 heavy (non-hydrogen) atoms. The Balaban J connectivity index is 2.59. The molecular formula is C13H19N3O. The van der Waals surface area contributed by atoms with Crippen molar-refractivity contribution in [2.45, 2.75) is 13.0 Å². The van der Waals surface area contributed by atoms with Crippen LogP contribution in [-0.4, -0.2) is 35.6 Å². The van der Waals surface area contributed by atoms with Crippen LogP contribution in [0.25, 0.3) is 10.9 Å². The molecule has 0 saturated heterocycles. The fourth-order valence-corrected chi connectivity index (χ4v) is 2.19. The Morgan fingerprint density at radius 2 is 2.12 bits per heavy atom. The lowest BCUT2D eigenvalue weighted by atomic mass is 10.0. The van der Waals surface area contributed by atoms with Crippen molar-refractivity contribution in [1.29, 1.82) is 0 Å². The van der Waals surface area contributed by atoms with Crippen LogP contribution >= 0.6 is 0 Å². The normalized spacial score (nSPS) is 11.5. The van der Waals surface area contributed by atoms with Gasteiger partial charge in [-0.25, -0.2) is 0 Å². The van der Waals surface area contributed by atoms with E-state index in [0.29, 0.717) is 12.3 Å². The molecule has 0 aliphatic heterocycles. The number of nitrogens with zero attached hydrogens (tertiary/aromatic N) is 1. The maximum Gasteiger partial charge on any atom is 0.120 e. The molecule has 0 radical (unpaired) electrons. The van der Waals surface area contributed by atoms with E-state index >= 15 is 0 Å². The first-order valence-corrected chi connectivity index (χ1v) is 5.79. The minimum absolute atomic E-state index is 0.351. The van der Waals surface area contributed by atoms with Crippen LogP contribution in [0.15, 0.2) is 18.3 Å². The molecule has 2 rings (SSSR count). The van der Waals surface area contributed by atoms with Gasteiger partial charge in [-0.05, 0) is 44.8 Å². The Labute approximate surface area is 101 Å². The molecular weight excluding hydrogens is 214 g/mol. The summed E-state index contributed by atoms with van der Waals surface area (Å²) in [5.74, 6) is 0.351. The van der Waals surface area contributed by atoms with Gasteiger partial charge in [-0.3, -0.25) is 0 Å². The number of phenols is 1. The number of nitrogens with one attached hydrogen (secondary N) is 1. The lowest BCUT2D eigenvalue weighted by Crippen LogP contribution is -2.11. The summed E-state index contributed by atoms with van der Waals surface area (Å²) in [4.78, 5) is 5.28. The van der Waals surface area contributed by atoms with Gasteiger partial charge >= 0.3 is 0 Å². The SMILES string of the molecule is CN(C)Cc1c(O)ccc2[nH]cc(CCN)c12. The number of fused-ring (bicyclic) bond motifs is 1. The van der Waals surface area contributed by atoms with Gasteiger partial charge in [0.1, 0.15) is 5.75 Å². The molecule has 0 saturated carbocycles. The molecule has 0 atom stereocenters. The first kappa shape index (κ1) is 12.0. The summed E-state index contributed by atoms with van der Waals surface area (Å²) in [6.07, 6.45) is 2.81. The molecule has 0 aliphatic rings. The van der Waals surface area contributed by atoms with Crippen molar-refractivity contribution in [3.05, 3.63) is 29.5 Å². The number of aromatic nitrogens is 1. The van der Waals surface area contributed by atoms with Crippen LogP contribution in [0.3, 0.4) is 0 Å². The second kappa shape index (κ2) is 4.77. The number of aromatic amines is 1. The maximum absolute atomic E-state index is 10.00. The minimum Gasteiger partial charge on any atom is -0.508 e. The van der Waals surface area contributed by atoms with Gasteiger partial charge in [-0.2, -0.15) is 0 Å². The molecule has 1 heterocycles. The van der Waals surface area contributed by atoms with E-state index < -0.39 is 0 Å². The van der Waals surface area contributed by atoms with Crippen LogP contribution < -0.4 is 5.73 Å². The molecule has 4 heteroatoms. The second-order valence-corrected chi connectivity index (χ2v) is 4.58. The van der Waals surface area contributed by atoms with E-state index in [9.17, 15) is 5.11 Å². The molecule has 4 nitrogen and oxygen atoms in total. The van der Waals surface area contributed by atoms with Gasteiger partial charge in [-0.1, -0.05) is 0 Å². The summed E-state index contributed by atoms with van der Waals surface area (Å²) < 4.78 is 0. The van der Waals surface area contributed by atoms with Crippen molar-refractivity contribution in [2.75, 3.05) is 20.6 Å². The predicted octanol–water partition coefficient (Wildman–Crippen LogP) is 1.44. The van der Waals surface area contributed by atoms with Gasteiger partial charge < -0.3 is 20.7 Å². The monoisotopic (exact) mass is 233 g/mol. The Hall–Kier alpha value is -1.52. The third kappa shape index (κ3) is 2.28. The van der Waals surface area contributed by atoms with Gasteiger partial charge in [0, 0.05) is 29.2 Å². The van der Waals surface area contributed by atoms with Crippen LogP contribution in [0, 0.1) is 0 Å². The average Bonchev–Trinajstić information content (AvgIpc) is 2.66. The summed E-state index contributed by atoms with van der Waals surface area (Å²) in [6, 6.07) is 3.65. The Morgan fingerprint density at radius 3 is 2.76 bits per heavy atom. The molecule has 0 fully saturated rings. The summed E-state index contributed by atoms with van der Waals surface area (Å²) in [5.41, 5.74) is 8.82. The summed E-state index contributed by atoms with van der Waals surface area (Å²) >= 11 is 0. The number of hydrogen-bond donors (Lipinski definition) is 3. The van der Waals surface area contributed by atoms with E-state index in [0.717, 1.165) is 29.4 Å². The third-order valence-corrected chi connectivity index (χ3v) is 2.90. The second-order valence-electron chi connectivity index (χ2n) is 4.58. The quantitative estimate of drug-likeness (QED) is 0.748. The van der Waals surface area contributed by atoms with Crippen molar-refractivity contribution >= 4 is 10.9 Å². The van der Waals surface area contributed by atoms with Gasteiger partial charge in [0.05, 0.1) is 0 Å².